The summed E-state index contributed by atoms with van der Waals surface area (Å²) in [6.45, 7) is 3.77. The van der Waals surface area contributed by atoms with E-state index in [1.54, 1.807) is 13.1 Å². The number of methoxy groups -OCH3 is 1. The fourth-order valence-corrected chi connectivity index (χ4v) is 2.00. The number of benzene rings is 1. The van der Waals surface area contributed by atoms with Crippen LogP contribution in [0.4, 0.5) is 0 Å². The minimum absolute atomic E-state index is 0.0153. The quantitative estimate of drug-likeness (QED) is 0.847. The number of esters is 1. The van der Waals surface area contributed by atoms with Crippen LogP contribution in [0.15, 0.2) is 42.7 Å². The second-order valence-electron chi connectivity index (χ2n) is 4.69. The van der Waals surface area contributed by atoms with Gasteiger partial charge in [0, 0.05) is 17.8 Å². The zero-order valence-corrected chi connectivity index (χ0v) is 11.9. The number of ether oxygens (including phenoxy) is 1. The van der Waals surface area contributed by atoms with Crippen LogP contribution < -0.4 is 5.32 Å². The van der Waals surface area contributed by atoms with E-state index >= 15 is 0 Å². The van der Waals surface area contributed by atoms with Gasteiger partial charge < -0.3 is 4.74 Å². The van der Waals surface area contributed by atoms with Crippen molar-refractivity contribution in [2.45, 2.75) is 25.9 Å². The Morgan fingerprint density at radius 1 is 1.30 bits per heavy atom. The maximum Gasteiger partial charge on any atom is 0.322 e. The SMILES string of the molecule is COC(=O)C(C)NC(C)c1cnn(-c2ccccc2)c1. The highest BCUT2D eigenvalue weighted by Crippen LogP contribution is 2.15. The number of nitrogens with one attached hydrogen (secondary N) is 1. The minimum atomic E-state index is -0.352. The van der Waals surface area contributed by atoms with Crippen molar-refractivity contribution in [1.29, 1.82) is 0 Å². The van der Waals surface area contributed by atoms with Gasteiger partial charge in [0.1, 0.15) is 6.04 Å². The molecule has 1 heterocycles. The molecule has 2 atom stereocenters. The van der Waals surface area contributed by atoms with Gasteiger partial charge in [-0.2, -0.15) is 5.10 Å². The molecule has 106 valence electrons. The lowest BCUT2D eigenvalue weighted by atomic mass is 10.1. The van der Waals surface area contributed by atoms with E-state index in [0.29, 0.717) is 0 Å². The van der Waals surface area contributed by atoms with E-state index < -0.39 is 0 Å². The number of hydrogen-bond acceptors (Lipinski definition) is 4. The number of hydrogen-bond donors (Lipinski definition) is 1. The van der Waals surface area contributed by atoms with E-state index in [-0.39, 0.29) is 18.1 Å². The van der Waals surface area contributed by atoms with Gasteiger partial charge in [0.05, 0.1) is 19.0 Å². The largest absolute Gasteiger partial charge is 0.468 e. The van der Waals surface area contributed by atoms with E-state index in [4.69, 9.17) is 4.74 Å². The normalized spacial score (nSPS) is 13.8. The molecule has 2 aromatic rings. The highest BCUT2D eigenvalue weighted by Gasteiger charge is 2.17. The maximum atomic E-state index is 11.4. The molecular formula is C15H19N3O2. The van der Waals surface area contributed by atoms with E-state index in [1.807, 2.05) is 48.1 Å². The summed E-state index contributed by atoms with van der Waals surface area (Å²) in [5.74, 6) is -0.271. The Morgan fingerprint density at radius 2 is 2.00 bits per heavy atom. The standard InChI is InChI=1S/C15H19N3O2/c1-11(17-12(2)15(19)20-3)13-9-16-18(10-13)14-7-5-4-6-8-14/h4-12,17H,1-3H3. The summed E-state index contributed by atoms with van der Waals surface area (Å²) in [7, 11) is 1.39. The van der Waals surface area contributed by atoms with Crippen LogP contribution >= 0.6 is 0 Å². The van der Waals surface area contributed by atoms with Crippen molar-refractivity contribution in [1.82, 2.24) is 15.1 Å². The van der Waals surface area contributed by atoms with Crippen LogP contribution in [-0.2, 0) is 9.53 Å². The van der Waals surface area contributed by atoms with Gasteiger partial charge in [-0.25, -0.2) is 4.68 Å². The highest BCUT2D eigenvalue weighted by atomic mass is 16.5. The Balaban J connectivity index is 2.07. The molecule has 0 saturated carbocycles. The third kappa shape index (κ3) is 3.24. The Labute approximate surface area is 118 Å². The summed E-state index contributed by atoms with van der Waals surface area (Å²) >= 11 is 0. The Kier molecular flexibility index (Phi) is 4.53. The third-order valence-electron chi connectivity index (χ3n) is 3.18. The summed E-state index contributed by atoms with van der Waals surface area (Å²) < 4.78 is 6.52. The molecule has 1 aromatic heterocycles. The zero-order valence-electron chi connectivity index (χ0n) is 11.9. The van der Waals surface area contributed by atoms with Crippen LogP contribution in [-0.4, -0.2) is 28.9 Å². The second-order valence-corrected chi connectivity index (χ2v) is 4.69. The van der Waals surface area contributed by atoms with Crippen LogP contribution in [0, 0.1) is 0 Å². The van der Waals surface area contributed by atoms with Crippen LogP contribution in [0.2, 0.25) is 0 Å². The van der Waals surface area contributed by atoms with Crippen molar-refractivity contribution in [3.8, 4) is 5.69 Å². The first-order valence-corrected chi connectivity index (χ1v) is 6.55. The monoisotopic (exact) mass is 273 g/mol. The molecular weight excluding hydrogens is 254 g/mol. The number of aromatic nitrogens is 2. The molecule has 5 nitrogen and oxygen atoms in total. The average molecular weight is 273 g/mol. The van der Waals surface area contributed by atoms with Gasteiger partial charge in [-0.3, -0.25) is 10.1 Å². The van der Waals surface area contributed by atoms with Gasteiger partial charge in [0.2, 0.25) is 0 Å². The molecule has 20 heavy (non-hydrogen) atoms. The van der Waals surface area contributed by atoms with Crippen molar-refractivity contribution in [3.63, 3.8) is 0 Å². The summed E-state index contributed by atoms with van der Waals surface area (Å²) in [5, 5.41) is 7.52. The molecule has 2 rings (SSSR count). The molecule has 0 amide bonds. The van der Waals surface area contributed by atoms with Crippen molar-refractivity contribution in [2.24, 2.45) is 0 Å². The molecule has 0 aliphatic heterocycles. The lowest BCUT2D eigenvalue weighted by Gasteiger charge is -2.16. The summed E-state index contributed by atoms with van der Waals surface area (Å²) in [6, 6.07) is 9.56. The van der Waals surface area contributed by atoms with Gasteiger partial charge in [-0.1, -0.05) is 18.2 Å². The Hall–Kier alpha value is -2.14. The third-order valence-corrected chi connectivity index (χ3v) is 3.18. The molecule has 0 fully saturated rings. The maximum absolute atomic E-state index is 11.4. The fourth-order valence-electron chi connectivity index (χ4n) is 2.00. The van der Waals surface area contributed by atoms with Gasteiger partial charge in [-0.05, 0) is 26.0 Å². The lowest BCUT2D eigenvalue weighted by molar-refractivity contribution is -0.142. The molecule has 0 radical (unpaired) electrons. The lowest BCUT2D eigenvalue weighted by Crippen LogP contribution is -2.36. The predicted molar refractivity (Wildman–Crippen MR) is 76.6 cm³/mol. The Morgan fingerprint density at radius 3 is 2.65 bits per heavy atom. The Bertz CT molecular complexity index is 566. The number of para-hydroxylation sites is 1. The van der Waals surface area contributed by atoms with Crippen molar-refractivity contribution < 1.29 is 9.53 Å². The molecule has 1 aromatic carbocycles. The second kappa shape index (κ2) is 6.34. The topological polar surface area (TPSA) is 56.1 Å². The van der Waals surface area contributed by atoms with Crippen LogP contribution in [0.25, 0.3) is 5.69 Å². The first kappa shape index (κ1) is 14.3. The number of rotatable bonds is 5. The van der Waals surface area contributed by atoms with Gasteiger partial charge in [-0.15, -0.1) is 0 Å². The van der Waals surface area contributed by atoms with E-state index in [2.05, 4.69) is 10.4 Å². The van der Waals surface area contributed by atoms with E-state index in [1.165, 1.54) is 7.11 Å². The van der Waals surface area contributed by atoms with Crippen molar-refractivity contribution in [3.05, 3.63) is 48.3 Å². The fraction of sp³-hybridized carbons (Fsp3) is 0.333. The summed E-state index contributed by atoms with van der Waals surface area (Å²) in [4.78, 5) is 11.4. The highest BCUT2D eigenvalue weighted by molar-refractivity contribution is 5.75. The first-order valence-electron chi connectivity index (χ1n) is 6.55. The van der Waals surface area contributed by atoms with Crippen LogP contribution in [0.5, 0.6) is 0 Å². The number of carbonyl (C=O) groups is 1. The molecule has 0 aliphatic carbocycles. The minimum Gasteiger partial charge on any atom is -0.468 e. The molecule has 0 saturated heterocycles. The molecule has 5 heteroatoms. The predicted octanol–water partition coefficient (Wildman–Crippen LogP) is 2.08. The molecule has 0 bridgehead atoms. The number of nitrogens with zero attached hydrogens (tertiary/aromatic N) is 2. The van der Waals surface area contributed by atoms with E-state index in [9.17, 15) is 4.79 Å². The van der Waals surface area contributed by atoms with Gasteiger partial charge >= 0.3 is 5.97 Å². The molecule has 0 aliphatic rings. The summed E-state index contributed by atoms with van der Waals surface area (Å²) in [5.41, 5.74) is 2.02. The van der Waals surface area contributed by atoms with Crippen molar-refractivity contribution in [2.75, 3.05) is 7.11 Å². The van der Waals surface area contributed by atoms with Crippen molar-refractivity contribution >= 4 is 5.97 Å². The van der Waals surface area contributed by atoms with Gasteiger partial charge in [0.25, 0.3) is 0 Å². The molecule has 2 unspecified atom stereocenters. The van der Waals surface area contributed by atoms with Crippen LogP contribution in [0.3, 0.4) is 0 Å². The molecule has 0 spiro atoms. The smallest absolute Gasteiger partial charge is 0.322 e. The van der Waals surface area contributed by atoms with E-state index in [0.717, 1.165) is 11.3 Å². The first-order chi connectivity index (χ1) is 9.61. The zero-order chi connectivity index (χ0) is 14.5. The van der Waals surface area contributed by atoms with Gasteiger partial charge in [0.15, 0.2) is 0 Å². The number of carbonyl (C=O) groups excluding carboxylic acids is 1. The summed E-state index contributed by atoms with van der Waals surface area (Å²) in [6.07, 6.45) is 3.76. The van der Waals surface area contributed by atoms with Crippen LogP contribution in [0.1, 0.15) is 25.5 Å². The average Bonchev–Trinajstić information content (AvgIpc) is 2.97. The molecule has 1 N–H and O–H groups in total.